The molecule has 2 aromatic rings. The minimum Gasteiger partial charge on any atom is -0.468 e. The van der Waals surface area contributed by atoms with Crippen LogP contribution < -0.4 is 5.32 Å². The Balaban J connectivity index is 1.66. The number of carbonyl (C=O) groups excluding carboxylic acids is 1. The molecule has 0 bridgehead atoms. The predicted octanol–water partition coefficient (Wildman–Crippen LogP) is 3.30. The number of piperidine rings is 1. The Morgan fingerprint density at radius 1 is 1.29 bits per heavy atom. The SMILES string of the molecule is O=C(NC[C@@H](c1ccco1)N1CCCCC1)c1cccs1. The number of nitrogens with one attached hydrogen (secondary N) is 1. The van der Waals surface area contributed by atoms with Gasteiger partial charge in [-0.1, -0.05) is 12.5 Å². The molecule has 112 valence electrons. The van der Waals surface area contributed by atoms with Gasteiger partial charge in [0.1, 0.15) is 5.76 Å². The average Bonchev–Trinajstić information content (AvgIpc) is 3.22. The molecule has 4 nitrogen and oxygen atoms in total. The number of nitrogens with zero attached hydrogens (tertiary/aromatic N) is 1. The van der Waals surface area contributed by atoms with Crippen LogP contribution in [0.3, 0.4) is 0 Å². The Kier molecular flexibility index (Phi) is 4.72. The molecule has 1 N–H and O–H groups in total. The summed E-state index contributed by atoms with van der Waals surface area (Å²) >= 11 is 1.47. The molecule has 0 aliphatic carbocycles. The first-order valence-electron chi connectivity index (χ1n) is 7.44. The molecule has 1 aliphatic rings. The van der Waals surface area contributed by atoms with Gasteiger partial charge in [-0.3, -0.25) is 9.69 Å². The van der Waals surface area contributed by atoms with E-state index in [4.69, 9.17) is 4.42 Å². The van der Waals surface area contributed by atoms with Gasteiger partial charge in [-0.05, 0) is 49.5 Å². The van der Waals surface area contributed by atoms with E-state index in [1.165, 1.54) is 30.6 Å². The predicted molar refractivity (Wildman–Crippen MR) is 83.5 cm³/mol. The third kappa shape index (κ3) is 3.54. The van der Waals surface area contributed by atoms with Crippen LogP contribution in [0.15, 0.2) is 40.3 Å². The molecule has 1 amide bonds. The van der Waals surface area contributed by atoms with E-state index in [9.17, 15) is 4.79 Å². The Hall–Kier alpha value is -1.59. The van der Waals surface area contributed by atoms with Crippen molar-refractivity contribution in [2.24, 2.45) is 0 Å². The first kappa shape index (κ1) is 14.4. The number of hydrogen-bond donors (Lipinski definition) is 1. The van der Waals surface area contributed by atoms with E-state index in [1.807, 2.05) is 29.6 Å². The van der Waals surface area contributed by atoms with E-state index in [2.05, 4.69) is 10.2 Å². The van der Waals surface area contributed by atoms with Crippen LogP contribution in [0.5, 0.6) is 0 Å². The monoisotopic (exact) mass is 304 g/mol. The van der Waals surface area contributed by atoms with Gasteiger partial charge < -0.3 is 9.73 Å². The first-order chi connectivity index (χ1) is 10.3. The summed E-state index contributed by atoms with van der Waals surface area (Å²) in [5.41, 5.74) is 0. The summed E-state index contributed by atoms with van der Waals surface area (Å²) in [4.78, 5) is 15.3. The largest absolute Gasteiger partial charge is 0.468 e. The highest BCUT2D eigenvalue weighted by molar-refractivity contribution is 7.12. The maximum Gasteiger partial charge on any atom is 0.261 e. The zero-order chi connectivity index (χ0) is 14.5. The summed E-state index contributed by atoms with van der Waals surface area (Å²) in [5, 5.41) is 4.96. The molecule has 1 saturated heterocycles. The van der Waals surface area contributed by atoms with E-state index >= 15 is 0 Å². The number of thiophene rings is 1. The molecule has 1 aliphatic heterocycles. The third-order valence-electron chi connectivity index (χ3n) is 3.90. The highest BCUT2D eigenvalue weighted by atomic mass is 32.1. The van der Waals surface area contributed by atoms with Gasteiger partial charge in [-0.2, -0.15) is 0 Å². The summed E-state index contributed by atoms with van der Waals surface area (Å²) in [7, 11) is 0. The summed E-state index contributed by atoms with van der Waals surface area (Å²) in [6.45, 7) is 2.73. The van der Waals surface area contributed by atoms with Crippen LogP contribution in [0.1, 0.15) is 40.7 Å². The van der Waals surface area contributed by atoms with Crippen LogP contribution in [0.2, 0.25) is 0 Å². The molecule has 21 heavy (non-hydrogen) atoms. The highest BCUT2D eigenvalue weighted by Gasteiger charge is 2.25. The van der Waals surface area contributed by atoms with Gasteiger partial charge in [0.2, 0.25) is 0 Å². The number of likely N-dealkylation sites (tertiary alicyclic amines) is 1. The van der Waals surface area contributed by atoms with Crippen molar-refractivity contribution in [2.75, 3.05) is 19.6 Å². The summed E-state index contributed by atoms with van der Waals surface area (Å²) in [6, 6.07) is 7.78. The Bertz CT molecular complexity index is 545. The van der Waals surface area contributed by atoms with Crippen molar-refractivity contribution in [3.8, 4) is 0 Å². The van der Waals surface area contributed by atoms with E-state index in [1.54, 1.807) is 6.26 Å². The Morgan fingerprint density at radius 2 is 2.14 bits per heavy atom. The van der Waals surface area contributed by atoms with Crippen LogP contribution in [0, 0.1) is 0 Å². The van der Waals surface area contributed by atoms with Gasteiger partial charge in [0.25, 0.3) is 5.91 Å². The van der Waals surface area contributed by atoms with E-state index in [0.717, 1.165) is 23.7 Å². The molecule has 3 rings (SSSR count). The number of furan rings is 1. The zero-order valence-corrected chi connectivity index (χ0v) is 12.8. The standard InChI is InChI=1S/C16H20N2O2S/c19-16(15-7-5-11-21-15)17-12-13(14-6-4-10-20-14)18-8-2-1-3-9-18/h4-7,10-11,13H,1-3,8-9,12H2,(H,17,19)/t13-/m0/s1. The maximum absolute atomic E-state index is 12.1. The fourth-order valence-electron chi connectivity index (χ4n) is 2.80. The van der Waals surface area contributed by atoms with E-state index in [-0.39, 0.29) is 11.9 Å². The van der Waals surface area contributed by atoms with Crippen molar-refractivity contribution >= 4 is 17.2 Å². The molecule has 5 heteroatoms. The summed E-state index contributed by atoms with van der Waals surface area (Å²) in [5.74, 6) is 0.932. The second-order valence-electron chi connectivity index (χ2n) is 5.32. The molecule has 0 radical (unpaired) electrons. The van der Waals surface area contributed by atoms with Crippen molar-refractivity contribution in [2.45, 2.75) is 25.3 Å². The molecule has 0 unspecified atom stereocenters. The van der Waals surface area contributed by atoms with Crippen LogP contribution in [0.25, 0.3) is 0 Å². The molecule has 0 spiro atoms. The molecule has 0 aromatic carbocycles. The Morgan fingerprint density at radius 3 is 2.81 bits per heavy atom. The van der Waals surface area contributed by atoms with Crippen molar-refractivity contribution < 1.29 is 9.21 Å². The van der Waals surface area contributed by atoms with Gasteiger partial charge in [-0.25, -0.2) is 0 Å². The van der Waals surface area contributed by atoms with Crippen LogP contribution in [0.4, 0.5) is 0 Å². The fourth-order valence-corrected chi connectivity index (χ4v) is 3.44. The number of carbonyl (C=O) groups is 1. The molecule has 2 aromatic heterocycles. The lowest BCUT2D eigenvalue weighted by atomic mass is 10.1. The lowest BCUT2D eigenvalue weighted by Crippen LogP contribution is -2.40. The minimum absolute atomic E-state index is 0.00133. The van der Waals surface area contributed by atoms with Crippen molar-refractivity contribution in [3.05, 3.63) is 46.5 Å². The third-order valence-corrected chi connectivity index (χ3v) is 4.77. The Labute approximate surface area is 128 Å². The lowest BCUT2D eigenvalue weighted by molar-refractivity contribution is 0.0918. The molecule has 0 saturated carbocycles. The summed E-state index contributed by atoms with van der Waals surface area (Å²) < 4.78 is 5.58. The zero-order valence-electron chi connectivity index (χ0n) is 12.0. The maximum atomic E-state index is 12.1. The molecule has 1 atom stereocenters. The van der Waals surface area contributed by atoms with E-state index in [0.29, 0.717) is 6.54 Å². The van der Waals surface area contributed by atoms with Gasteiger partial charge in [0.05, 0.1) is 17.2 Å². The van der Waals surface area contributed by atoms with Crippen LogP contribution in [-0.2, 0) is 0 Å². The second kappa shape index (κ2) is 6.91. The smallest absolute Gasteiger partial charge is 0.261 e. The van der Waals surface area contributed by atoms with Gasteiger partial charge in [-0.15, -0.1) is 11.3 Å². The van der Waals surface area contributed by atoms with Crippen molar-refractivity contribution in [1.29, 1.82) is 0 Å². The first-order valence-corrected chi connectivity index (χ1v) is 8.32. The van der Waals surface area contributed by atoms with Crippen LogP contribution in [-0.4, -0.2) is 30.4 Å². The lowest BCUT2D eigenvalue weighted by Gasteiger charge is -2.33. The molecule has 3 heterocycles. The van der Waals surface area contributed by atoms with Crippen molar-refractivity contribution in [1.82, 2.24) is 10.2 Å². The fraction of sp³-hybridized carbons (Fsp3) is 0.438. The number of amides is 1. The minimum atomic E-state index is -0.00133. The van der Waals surface area contributed by atoms with Crippen LogP contribution >= 0.6 is 11.3 Å². The van der Waals surface area contributed by atoms with Crippen molar-refractivity contribution in [3.63, 3.8) is 0 Å². The van der Waals surface area contributed by atoms with Gasteiger partial charge >= 0.3 is 0 Å². The normalized spacial score (nSPS) is 17.5. The van der Waals surface area contributed by atoms with Gasteiger partial charge in [0, 0.05) is 6.54 Å². The quantitative estimate of drug-likeness (QED) is 0.922. The van der Waals surface area contributed by atoms with E-state index < -0.39 is 0 Å². The average molecular weight is 304 g/mol. The molecular weight excluding hydrogens is 284 g/mol. The summed E-state index contributed by atoms with van der Waals surface area (Å²) in [6.07, 6.45) is 5.43. The number of hydrogen-bond acceptors (Lipinski definition) is 4. The highest BCUT2D eigenvalue weighted by Crippen LogP contribution is 2.24. The van der Waals surface area contributed by atoms with Gasteiger partial charge in [0.15, 0.2) is 0 Å². The number of rotatable bonds is 5. The molecule has 1 fully saturated rings. The molecular formula is C16H20N2O2S. The topological polar surface area (TPSA) is 45.5 Å². The second-order valence-corrected chi connectivity index (χ2v) is 6.26.